The second-order valence-electron chi connectivity index (χ2n) is 3.10. The maximum Gasteiger partial charge on any atom is 0.164 e. The van der Waals surface area contributed by atoms with E-state index in [1.807, 2.05) is 0 Å². The van der Waals surface area contributed by atoms with Gasteiger partial charge >= 0.3 is 0 Å². The molecule has 3 nitrogen and oxygen atoms in total. The Morgan fingerprint density at radius 3 is 3.08 bits per heavy atom. The molecule has 1 heterocycles. The largest absolute Gasteiger partial charge is 0.504 e. The standard InChI is InChI=1S/C10H10O3/c11-6-7-4-8-2-1-3-13-10(8)9(12)5-7/h4-6,12H,1-3H2. The molecular weight excluding hydrogens is 168 g/mol. The second kappa shape index (κ2) is 3.09. The van der Waals surface area contributed by atoms with Crippen molar-refractivity contribution in [2.45, 2.75) is 12.8 Å². The van der Waals surface area contributed by atoms with Gasteiger partial charge in [0, 0.05) is 5.56 Å². The van der Waals surface area contributed by atoms with Gasteiger partial charge < -0.3 is 9.84 Å². The van der Waals surface area contributed by atoms with E-state index in [1.165, 1.54) is 6.07 Å². The highest BCUT2D eigenvalue weighted by Gasteiger charge is 2.15. The molecule has 0 aliphatic carbocycles. The summed E-state index contributed by atoms with van der Waals surface area (Å²) >= 11 is 0. The average molecular weight is 178 g/mol. The van der Waals surface area contributed by atoms with Crippen LogP contribution in [0.25, 0.3) is 0 Å². The molecule has 1 aromatic carbocycles. The van der Waals surface area contributed by atoms with Crippen molar-refractivity contribution in [2.75, 3.05) is 6.61 Å². The summed E-state index contributed by atoms with van der Waals surface area (Å²) in [7, 11) is 0. The Morgan fingerprint density at radius 1 is 1.46 bits per heavy atom. The zero-order valence-electron chi connectivity index (χ0n) is 7.12. The molecule has 0 fully saturated rings. The summed E-state index contributed by atoms with van der Waals surface area (Å²) < 4.78 is 5.29. The summed E-state index contributed by atoms with van der Waals surface area (Å²) in [6.45, 7) is 0.640. The van der Waals surface area contributed by atoms with E-state index >= 15 is 0 Å². The molecule has 1 aromatic rings. The molecule has 1 aliphatic rings. The van der Waals surface area contributed by atoms with Gasteiger partial charge in [-0.3, -0.25) is 4.79 Å². The quantitative estimate of drug-likeness (QED) is 0.663. The molecule has 1 N–H and O–H groups in total. The maximum absolute atomic E-state index is 10.5. The molecule has 13 heavy (non-hydrogen) atoms. The first-order valence-corrected chi connectivity index (χ1v) is 4.25. The zero-order chi connectivity index (χ0) is 9.26. The molecule has 0 aromatic heterocycles. The number of fused-ring (bicyclic) bond motifs is 1. The lowest BCUT2D eigenvalue weighted by Gasteiger charge is -2.18. The molecule has 0 bridgehead atoms. The highest BCUT2D eigenvalue weighted by Crippen LogP contribution is 2.34. The van der Waals surface area contributed by atoms with Crippen LogP contribution in [-0.2, 0) is 6.42 Å². The minimum atomic E-state index is 0.0688. The van der Waals surface area contributed by atoms with Gasteiger partial charge in [0.1, 0.15) is 6.29 Å². The number of phenols is 1. The predicted molar refractivity (Wildman–Crippen MR) is 47.3 cm³/mol. The smallest absolute Gasteiger partial charge is 0.164 e. The van der Waals surface area contributed by atoms with Crippen LogP contribution in [0.4, 0.5) is 0 Å². The number of aldehydes is 1. The summed E-state index contributed by atoms with van der Waals surface area (Å²) in [4.78, 5) is 10.5. The SMILES string of the molecule is O=Cc1cc(O)c2c(c1)CCCO2. The van der Waals surface area contributed by atoms with Crippen molar-refractivity contribution < 1.29 is 14.6 Å². The van der Waals surface area contributed by atoms with Crippen LogP contribution in [0.15, 0.2) is 12.1 Å². The molecule has 1 aliphatic heterocycles. The van der Waals surface area contributed by atoms with Crippen LogP contribution in [-0.4, -0.2) is 18.0 Å². The molecular formula is C10H10O3. The molecule has 0 amide bonds. The second-order valence-corrected chi connectivity index (χ2v) is 3.10. The third kappa shape index (κ3) is 1.37. The van der Waals surface area contributed by atoms with Gasteiger partial charge in [-0.25, -0.2) is 0 Å². The normalized spacial score (nSPS) is 14.5. The monoisotopic (exact) mass is 178 g/mol. The van der Waals surface area contributed by atoms with Gasteiger partial charge in [-0.1, -0.05) is 0 Å². The first kappa shape index (κ1) is 8.10. The highest BCUT2D eigenvalue weighted by atomic mass is 16.5. The zero-order valence-corrected chi connectivity index (χ0v) is 7.12. The number of rotatable bonds is 1. The Labute approximate surface area is 76.0 Å². The van der Waals surface area contributed by atoms with Crippen molar-refractivity contribution in [2.24, 2.45) is 0 Å². The van der Waals surface area contributed by atoms with Crippen molar-refractivity contribution in [1.82, 2.24) is 0 Å². The highest BCUT2D eigenvalue weighted by molar-refractivity contribution is 5.77. The van der Waals surface area contributed by atoms with Crippen LogP contribution in [0.2, 0.25) is 0 Å². The van der Waals surface area contributed by atoms with E-state index < -0.39 is 0 Å². The number of hydrogen-bond donors (Lipinski definition) is 1. The van der Waals surface area contributed by atoms with Gasteiger partial charge in [0.15, 0.2) is 11.5 Å². The van der Waals surface area contributed by atoms with E-state index in [0.717, 1.165) is 24.7 Å². The lowest BCUT2D eigenvalue weighted by atomic mass is 10.0. The van der Waals surface area contributed by atoms with Crippen LogP contribution in [0, 0.1) is 0 Å². The van der Waals surface area contributed by atoms with Crippen LogP contribution in [0.1, 0.15) is 22.3 Å². The van der Waals surface area contributed by atoms with Gasteiger partial charge in [-0.15, -0.1) is 0 Å². The summed E-state index contributed by atoms with van der Waals surface area (Å²) in [5.74, 6) is 0.608. The summed E-state index contributed by atoms with van der Waals surface area (Å²) in [6.07, 6.45) is 2.54. The number of phenolic OH excluding ortho intramolecular Hbond substituents is 1. The molecule has 2 rings (SSSR count). The summed E-state index contributed by atoms with van der Waals surface area (Å²) in [6, 6.07) is 3.19. The molecule has 0 saturated heterocycles. The fourth-order valence-corrected chi connectivity index (χ4v) is 1.55. The maximum atomic E-state index is 10.5. The number of aromatic hydroxyl groups is 1. The fraction of sp³-hybridized carbons (Fsp3) is 0.300. The van der Waals surface area contributed by atoms with E-state index in [4.69, 9.17) is 4.74 Å². The minimum Gasteiger partial charge on any atom is -0.504 e. The number of hydrogen-bond acceptors (Lipinski definition) is 3. The van der Waals surface area contributed by atoms with Crippen LogP contribution < -0.4 is 4.74 Å². The first-order valence-electron chi connectivity index (χ1n) is 4.25. The van der Waals surface area contributed by atoms with E-state index in [9.17, 15) is 9.90 Å². The van der Waals surface area contributed by atoms with Crippen LogP contribution >= 0.6 is 0 Å². The Hall–Kier alpha value is -1.51. The van der Waals surface area contributed by atoms with Gasteiger partial charge in [-0.05, 0) is 30.5 Å². The predicted octanol–water partition coefficient (Wildman–Crippen LogP) is 1.53. The molecule has 0 unspecified atom stereocenters. The number of carbonyl (C=O) groups excluding carboxylic acids is 1. The molecule has 0 spiro atoms. The third-order valence-corrected chi connectivity index (χ3v) is 2.14. The van der Waals surface area contributed by atoms with Crippen LogP contribution in [0.5, 0.6) is 11.5 Å². The van der Waals surface area contributed by atoms with Crippen molar-refractivity contribution in [1.29, 1.82) is 0 Å². The molecule has 0 radical (unpaired) electrons. The number of ether oxygens (including phenoxy) is 1. The van der Waals surface area contributed by atoms with E-state index in [1.54, 1.807) is 6.07 Å². The number of carbonyl (C=O) groups is 1. The van der Waals surface area contributed by atoms with Gasteiger partial charge in [0.2, 0.25) is 0 Å². The fourth-order valence-electron chi connectivity index (χ4n) is 1.55. The van der Waals surface area contributed by atoms with Crippen LogP contribution in [0.3, 0.4) is 0 Å². The van der Waals surface area contributed by atoms with Gasteiger partial charge in [0.25, 0.3) is 0 Å². The van der Waals surface area contributed by atoms with E-state index in [-0.39, 0.29) is 5.75 Å². The van der Waals surface area contributed by atoms with Gasteiger partial charge in [0.05, 0.1) is 6.61 Å². The Bertz CT molecular complexity index is 344. The minimum absolute atomic E-state index is 0.0688. The topological polar surface area (TPSA) is 46.5 Å². The van der Waals surface area contributed by atoms with E-state index in [0.29, 0.717) is 17.9 Å². The molecule has 3 heteroatoms. The number of aryl methyl sites for hydroxylation is 1. The summed E-state index contributed by atoms with van der Waals surface area (Å²) in [5.41, 5.74) is 1.43. The van der Waals surface area contributed by atoms with Gasteiger partial charge in [-0.2, -0.15) is 0 Å². The average Bonchev–Trinajstić information content (AvgIpc) is 2.18. The third-order valence-electron chi connectivity index (χ3n) is 2.14. The van der Waals surface area contributed by atoms with Crippen molar-refractivity contribution in [3.63, 3.8) is 0 Å². The molecule has 0 saturated carbocycles. The van der Waals surface area contributed by atoms with Crippen molar-refractivity contribution >= 4 is 6.29 Å². The number of benzene rings is 1. The molecule has 68 valence electrons. The molecule has 0 atom stereocenters. The lowest BCUT2D eigenvalue weighted by molar-refractivity contribution is 0.112. The Balaban J connectivity index is 2.52. The van der Waals surface area contributed by atoms with E-state index in [2.05, 4.69) is 0 Å². The summed E-state index contributed by atoms with van der Waals surface area (Å²) in [5, 5.41) is 9.48. The van der Waals surface area contributed by atoms with Crippen molar-refractivity contribution in [3.05, 3.63) is 23.3 Å². The lowest BCUT2D eigenvalue weighted by Crippen LogP contribution is -2.08. The Morgan fingerprint density at radius 2 is 2.31 bits per heavy atom. The Kier molecular flexibility index (Phi) is 1.93. The first-order chi connectivity index (χ1) is 6.31. The van der Waals surface area contributed by atoms with Crippen molar-refractivity contribution in [3.8, 4) is 11.5 Å².